The van der Waals surface area contributed by atoms with Crippen molar-refractivity contribution in [2.24, 2.45) is 0 Å². The molecule has 0 radical (unpaired) electrons. The number of nitrogens with zero attached hydrogens (tertiary/aromatic N) is 1. The zero-order valence-electron chi connectivity index (χ0n) is 7.31. The van der Waals surface area contributed by atoms with Gasteiger partial charge in [0.1, 0.15) is 5.75 Å². The minimum Gasteiger partial charge on any atom is -0.405 e. The number of alkyl halides is 4. The van der Waals surface area contributed by atoms with E-state index in [4.69, 9.17) is 5.26 Å². The predicted molar refractivity (Wildman–Crippen MR) is 50.5 cm³/mol. The van der Waals surface area contributed by atoms with Gasteiger partial charge in [0.25, 0.3) is 0 Å². The molecule has 0 aliphatic carbocycles. The molecule has 0 aromatic heterocycles. The molecule has 1 aromatic carbocycles. The normalized spacial score (nSPS) is 10.9. The van der Waals surface area contributed by atoms with Crippen molar-refractivity contribution in [3.8, 4) is 11.8 Å². The van der Waals surface area contributed by atoms with Gasteiger partial charge >= 0.3 is 6.36 Å². The molecule has 0 saturated carbocycles. The number of benzene rings is 1. The molecule has 0 aliphatic heterocycles. The third kappa shape index (κ3) is 3.13. The first-order chi connectivity index (χ1) is 6.98. The van der Waals surface area contributed by atoms with Gasteiger partial charge in [0.15, 0.2) is 0 Å². The van der Waals surface area contributed by atoms with Crippen LogP contribution in [0, 0.1) is 11.3 Å². The van der Waals surface area contributed by atoms with Gasteiger partial charge in [-0.15, -0.1) is 13.2 Å². The summed E-state index contributed by atoms with van der Waals surface area (Å²) in [7, 11) is 0. The molecule has 15 heavy (non-hydrogen) atoms. The SMILES string of the molecule is N#Cc1cccc(OC(F)(F)F)c1CBr. The van der Waals surface area contributed by atoms with E-state index in [2.05, 4.69) is 20.7 Å². The summed E-state index contributed by atoms with van der Waals surface area (Å²) >= 11 is 3.01. The minimum atomic E-state index is -4.75. The average Bonchev–Trinajstić information content (AvgIpc) is 2.15. The molecular weight excluding hydrogens is 275 g/mol. The molecule has 0 heterocycles. The maximum absolute atomic E-state index is 12.0. The van der Waals surface area contributed by atoms with Gasteiger partial charge in [0, 0.05) is 10.9 Å². The molecule has 0 atom stereocenters. The van der Waals surface area contributed by atoms with Gasteiger partial charge in [-0.25, -0.2) is 0 Å². The van der Waals surface area contributed by atoms with Crippen LogP contribution in [0.2, 0.25) is 0 Å². The van der Waals surface area contributed by atoms with Crippen molar-refractivity contribution in [3.05, 3.63) is 29.3 Å². The molecule has 80 valence electrons. The molecule has 1 aromatic rings. The minimum absolute atomic E-state index is 0.127. The zero-order valence-corrected chi connectivity index (χ0v) is 8.89. The molecule has 0 N–H and O–H groups in total. The second-order valence-corrected chi connectivity index (χ2v) is 3.14. The summed E-state index contributed by atoms with van der Waals surface area (Å²) in [5.41, 5.74) is 0.353. The molecule has 6 heteroatoms. The Hall–Kier alpha value is -1.22. The Kier molecular flexibility index (Phi) is 3.58. The van der Waals surface area contributed by atoms with E-state index < -0.39 is 6.36 Å². The highest BCUT2D eigenvalue weighted by Crippen LogP contribution is 2.29. The second kappa shape index (κ2) is 4.53. The number of rotatable bonds is 2. The zero-order chi connectivity index (χ0) is 11.5. The lowest BCUT2D eigenvalue weighted by molar-refractivity contribution is -0.274. The van der Waals surface area contributed by atoms with Gasteiger partial charge in [-0.2, -0.15) is 5.26 Å². The maximum Gasteiger partial charge on any atom is 0.573 e. The van der Waals surface area contributed by atoms with Gasteiger partial charge in [0.05, 0.1) is 11.6 Å². The van der Waals surface area contributed by atoms with Crippen LogP contribution in [0.3, 0.4) is 0 Å². The van der Waals surface area contributed by atoms with Gasteiger partial charge in [-0.1, -0.05) is 22.0 Å². The van der Waals surface area contributed by atoms with E-state index in [-0.39, 0.29) is 22.2 Å². The van der Waals surface area contributed by atoms with E-state index in [0.717, 1.165) is 0 Å². The first-order valence-corrected chi connectivity index (χ1v) is 4.94. The first kappa shape index (κ1) is 11.9. The van der Waals surface area contributed by atoms with Crippen LogP contribution in [0.15, 0.2) is 18.2 Å². The highest BCUT2D eigenvalue weighted by Gasteiger charge is 2.32. The van der Waals surface area contributed by atoms with Crippen LogP contribution in [0.1, 0.15) is 11.1 Å². The molecule has 0 amide bonds. The van der Waals surface area contributed by atoms with E-state index >= 15 is 0 Å². The van der Waals surface area contributed by atoms with E-state index in [1.165, 1.54) is 18.2 Å². The molecule has 1 rings (SSSR count). The molecule has 0 aliphatic rings. The Morgan fingerprint density at radius 3 is 2.53 bits per heavy atom. The molecule has 0 unspecified atom stereocenters. The lowest BCUT2D eigenvalue weighted by Crippen LogP contribution is -2.18. The Morgan fingerprint density at radius 2 is 2.07 bits per heavy atom. The standard InChI is InChI=1S/C9H5BrF3NO/c10-4-7-6(5-14)2-1-3-8(7)15-9(11,12)13/h1-3H,4H2. The summed E-state index contributed by atoms with van der Waals surface area (Å²) in [4.78, 5) is 0. The van der Waals surface area contributed by atoms with Crippen LogP contribution < -0.4 is 4.74 Å². The van der Waals surface area contributed by atoms with Gasteiger partial charge in [-0.05, 0) is 12.1 Å². The lowest BCUT2D eigenvalue weighted by Gasteiger charge is -2.12. The Balaban J connectivity index is 3.14. The van der Waals surface area contributed by atoms with Crippen molar-refractivity contribution >= 4 is 15.9 Å². The van der Waals surface area contributed by atoms with Crippen molar-refractivity contribution in [2.75, 3.05) is 0 Å². The Labute approximate surface area is 92.4 Å². The second-order valence-electron chi connectivity index (χ2n) is 2.58. The van der Waals surface area contributed by atoms with E-state index in [1.54, 1.807) is 6.07 Å². The average molecular weight is 280 g/mol. The number of ether oxygens (including phenoxy) is 1. The summed E-state index contributed by atoms with van der Waals surface area (Å²) in [5.74, 6) is -0.349. The van der Waals surface area contributed by atoms with E-state index in [9.17, 15) is 13.2 Å². The fraction of sp³-hybridized carbons (Fsp3) is 0.222. The van der Waals surface area contributed by atoms with Crippen LogP contribution in [0.5, 0.6) is 5.75 Å². The number of halogens is 4. The molecule has 0 fully saturated rings. The molecule has 0 spiro atoms. The monoisotopic (exact) mass is 279 g/mol. The third-order valence-corrected chi connectivity index (χ3v) is 2.17. The van der Waals surface area contributed by atoms with Gasteiger partial charge in [0.2, 0.25) is 0 Å². The topological polar surface area (TPSA) is 33.0 Å². The highest BCUT2D eigenvalue weighted by molar-refractivity contribution is 9.08. The quantitative estimate of drug-likeness (QED) is 0.778. The van der Waals surface area contributed by atoms with Crippen LogP contribution in [-0.2, 0) is 5.33 Å². The van der Waals surface area contributed by atoms with Crippen LogP contribution >= 0.6 is 15.9 Å². The van der Waals surface area contributed by atoms with Gasteiger partial charge in [-0.3, -0.25) is 0 Å². The van der Waals surface area contributed by atoms with E-state index in [0.29, 0.717) is 0 Å². The van der Waals surface area contributed by atoms with Gasteiger partial charge < -0.3 is 4.74 Å². The first-order valence-electron chi connectivity index (χ1n) is 3.81. The van der Waals surface area contributed by atoms with Crippen molar-refractivity contribution in [2.45, 2.75) is 11.7 Å². The maximum atomic E-state index is 12.0. The van der Waals surface area contributed by atoms with Crippen molar-refractivity contribution in [3.63, 3.8) is 0 Å². The predicted octanol–water partition coefficient (Wildman–Crippen LogP) is 3.35. The largest absolute Gasteiger partial charge is 0.573 e. The summed E-state index contributed by atoms with van der Waals surface area (Å²) in [5, 5.41) is 8.79. The van der Waals surface area contributed by atoms with E-state index in [1.807, 2.05) is 0 Å². The Morgan fingerprint density at radius 1 is 1.40 bits per heavy atom. The lowest BCUT2D eigenvalue weighted by atomic mass is 10.1. The smallest absolute Gasteiger partial charge is 0.405 e. The summed E-state index contributed by atoms with van der Waals surface area (Å²) in [6, 6.07) is 5.74. The highest BCUT2D eigenvalue weighted by atomic mass is 79.9. The molecular formula is C9H5BrF3NO. The van der Waals surface area contributed by atoms with Crippen LogP contribution in [0.25, 0.3) is 0 Å². The number of nitriles is 1. The van der Waals surface area contributed by atoms with Crippen LogP contribution in [0.4, 0.5) is 13.2 Å². The summed E-state index contributed by atoms with van der Waals surface area (Å²) < 4.78 is 39.7. The fourth-order valence-corrected chi connectivity index (χ4v) is 1.61. The number of hydrogen-bond donors (Lipinski definition) is 0. The molecule has 0 bridgehead atoms. The summed E-state index contributed by atoms with van der Waals surface area (Å²) in [6.45, 7) is 0. The summed E-state index contributed by atoms with van der Waals surface area (Å²) in [6.07, 6.45) is -4.75. The van der Waals surface area contributed by atoms with Crippen molar-refractivity contribution in [1.82, 2.24) is 0 Å². The molecule has 0 saturated heterocycles. The third-order valence-electron chi connectivity index (χ3n) is 1.61. The Bertz CT molecular complexity index is 397. The molecule has 2 nitrogen and oxygen atoms in total. The van der Waals surface area contributed by atoms with Crippen molar-refractivity contribution in [1.29, 1.82) is 5.26 Å². The van der Waals surface area contributed by atoms with Crippen LogP contribution in [-0.4, -0.2) is 6.36 Å². The van der Waals surface area contributed by atoms with Crippen molar-refractivity contribution < 1.29 is 17.9 Å². The number of hydrogen-bond acceptors (Lipinski definition) is 2. The fourth-order valence-electron chi connectivity index (χ4n) is 1.03.